The van der Waals surface area contributed by atoms with Gasteiger partial charge < -0.3 is 5.11 Å². The highest BCUT2D eigenvalue weighted by molar-refractivity contribution is 5.19. The van der Waals surface area contributed by atoms with Gasteiger partial charge >= 0.3 is 6.18 Å². The van der Waals surface area contributed by atoms with Crippen LogP contribution >= 0.6 is 0 Å². The number of aromatic nitrogens is 1. The van der Waals surface area contributed by atoms with Gasteiger partial charge in [-0.15, -0.1) is 0 Å². The number of pyridine rings is 1. The van der Waals surface area contributed by atoms with Gasteiger partial charge in [0.05, 0.1) is 5.56 Å². The summed E-state index contributed by atoms with van der Waals surface area (Å²) in [7, 11) is 0. The summed E-state index contributed by atoms with van der Waals surface area (Å²) in [5, 5.41) is 8.55. The lowest BCUT2D eigenvalue weighted by Gasteiger charge is -2.07. The Morgan fingerprint density at radius 2 is 1.94 bits per heavy atom. The van der Waals surface area contributed by atoms with Gasteiger partial charge in [0.1, 0.15) is 0 Å². The molecule has 0 bridgehead atoms. The normalized spacial score (nSPS) is 11.8. The molecule has 0 spiro atoms. The van der Waals surface area contributed by atoms with Gasteiger partial charge in [-0.2, -0.15) is 13.2 Å². The van der Waals surface area contributed by atoms with Gasteiger partial charge in [0.2, 0.25) is 0 Å². The molecule has 0 unspecified atom stereocenters. The largest absolute Gasteiger partial charge is 0.416 e. The zero-order chi connectivity index (χ0) is 12.0. The van der Waals surface area contributed by atoms with Crippen molar-refractivity contribution in [3.05, 3.63) is 29.6 Å². The maximum absolute atomic E-state index is 12.3. The standard InChI is InChI=1S/C11H14F3NO/c12-11(13,14)9-5-6-15-10(8-9)4-2-1-3-7-16/h5-6,8,16H,1-4,7H2. The lowest BCUT2D eigenvalue weighted by Crippen LogP contribution is -2.06. The molecular weight excluding hydrogens is 219 g/mol. The Labute approximate surface area is 92.1 Å². The molecule has 0 aliphatic rings. The number of aliphatic hydroxyl groups excluding tert-OH is 1. The summed E-state index contributed by atoms with van der Waals surface area (Å²) in [4.78, 5) is 3.89. The second kappa shape index (κ2) is 5.84. The molecule has 0 saturated carbocycles. The first-order chi connectivity index (χ1) is 7.54. The minimum atomic E-state index is -4.30. The number of nitrogens with zero attached hydrogens (tertiary/aromatic N) is 1. The number of rotatable bonds is 5. The lowest BCUT2D eigenvalue weighted by molar-refractivity contribution is -0.137. The van der Waals surface area contributed by atoms with Gasteiger partial charge in [-0.25, -0.2) is 0 Å². The van der Waals surface area contributed by atoms with Crippen molar-refractivity contribution in [1.29, 1.82) is 0 Å². The van der Waals surface area contributed by atoms with Crippen molar-refractivity contribution in [2.45, 2.75) is 31.9 Å². The van der Waals surface area contributed by atoms with E-state index in [0.29, 0.717) is 18.5 Å². The molecule has 0 aliphatic carbocycles. The smallest absolute Gasteiger partial charge is 0.396 e. The topological polar surface area (TPSA) is 33.1 Å². The molecule has 0 radical (unpaired) electrons. The first kappa shape index (κ1) is 13.0. The Hall–Kier alpha value is -1.10. The van der Waals surface area contributed by atoms with Crippen molar-refractivity contribution in [3.63, 3.8) is 0 Å². The number of halogens is 3. The van der Waals surface area contributed by atoms with Gasteiger partial charge in [-0.05, 0) is 31.4 Å². The van der Waals surface area contributed by atoms with E-state index in [2.05, 4.69) is 4.98 Å². The summed E-state index contributed by atoms with van der Waals surface area (Å²) in [6.45, 7) is 0.121. The monoisotopic (exact) mass is 233 g/mol. The van der Waals surface area contributed by atoms with E-state index < -0.39 is 11.7 Å². The van der Waals surface area contributed by atoms with Gasteiger partial charge in [-0.1, -0.05) is 6.42 Å². The van der Waals surface area contributed by atoms with Crippen molar-refractivity contribution in [3.8, 4) is 0 Å². The molecule has 1 aromatic heterocycles. The first-order valence-electron chi connectivity index (χ1n) is 5.17. The van der Waals surface area contributed by atoms with E-state index in [-0.39, 0.29) is 6.61 Å². The number of aryl methyl sites for hydroxylation is 1. The maximum Gasteiger partial charge on any atom is 0.416 e. The predicted molar refractivity (Wildman–Crippen MR) is 53.9 cm³/mol. The molecule has 0 amide bonds. The predicted octanol–water partition coefficient (Wildman–Crippen LogP) is 2.81. The molecule has 1 rings (SSSR count). The second-order valence-corrected chi connectivity index (χ2v) is 3.57. The molecular formula is C11H14F3NO. The maximum atomic E-state index is 12.3. The fourth-order valence-corrected chi connectivity index (χ4v) is 1.39. The Balaban J connectivity index is 2.54. The second-order valence-electron chi connectivity index (χ2n) is 3.57. The van der Waals surface area contributed by atoms with Crippen molar-refractivity contribution < 1.29 is 18.3 Å². The average molecular weight is 233 g/mol. The quantitative estimate of drug-likeness (QED) is 0.793. The molecule has 2 nitrogen and oxygen atoms in total. The van der Waals surface area contributed by atoms with E-state index >= 15 is 0 Å². The summed E-state index contributed by atoms with van der Waals surface area (Å²) >= 11 is 0. The summed E-state index contributed by atoms with van der Waals surface area (Å²) in [6.07, 6.45) is -0.376. The van der Waals surface area contributed by atoms with Crippen LogP contribution in [0.1, 0.15) is 30.5 Å². The molecule has 1 N–H and O–H groups in total. The lowest BCUT2D eigenvalue weighted by atomic mass is 10.1. The van der Waals surface area contributed by atoms with Crippen LogP contribution in [0.4, 0.5) is 13.2 Å². The zero-order valence-electron chi connectivity index (χ0n) is 8.80. The van der Waals surface area contributed by atoms with Crippen LogP contribution in [0.2, 0.25) is 0 Å². The van der Waals surface area contributed by atoms with E-state index in [9.17, 15) is 13.2 Å². The van der Waals surface area contributed by atoms with Gasteiger partial charge in [0.15, 0.2) is 0 Å². The first-order valence-corrected chi connectivity index (χ1v) is 5.17. The number of hydrogen-bond donors (Lipinski definition) is 1. The van der Waals surface area contributed by atoms with E-state index in [4.69, 9.17) is 5.11 Å². The van der Waals surface area contributed by atoms with Crippen molar-refractivity contribution >= 4 is 0 Å². The minimum Gasteiger partial charge on any atom is -0.396 e. The highest BCUT2D eigenvalue weighted by atomic mass is 19.4. The minimum absolute atomic E-state index is 0.121. The Morgan fingerprint density at radius 3 is 2.56 bits per heavy atom. The Morgan fingerprint density at radius 1 is 1.19 bits per heavy atom. The zero-order valence-corrected chi connectivity index (χ0v) is 8.80. The molecule has 0 saturated heterocycles. The van der Waals surface area contributed by atoms with E-state index in [0.717, 1.165) is 25.0 Å². The van der Waals surface area contributed by atoms with Crippen LogP contribution in [-0.2, 0) is 12.6 Å². The number of hydrogen-bond acceptors (Lipinski definition) is 2. The number of alkyl halides is 3. The van der Waals surface area contributed by atoms with Crippen LogP contribution in [0, 0.1) is 0 Å². The van der Waals surface area contributed by atoms with Crippen LogP contribution in [0.5, 0.6) is 0 Å². The summed E-state index contributed by atoms with van der Waals surface area (Å²) in [5.41, 5.74) is -0.201. The van der Waals surface area contributed by atoms with Crippen molar-refractivity contribution in [2.24, 2.45) is 0 Å². The van der Waals surface area contributed by atoms with Gasteiger partial charge in [0, 0.05) is 18.5 Å². The van der Waals surface area contributed by atoms with Crippen LogP contribution in [0.25, 0.3) is 0 Å². The van der Waals surface area contributed by atoms with Crippen LogP contribution in [0.15, 0.2) is 18.3 Å². The average Bonchev–Trinajstić information content (AvgIpc) is 2.24. The Kier molecular flexibility index (Phi) is 4.73. The van der Waals surface area contributed by atoms with E-state index in [1.807, 2.05) is 0 Å². The molecule has 1 aromatic rings. The molecule has 90 valence electrons. The van der Waals surface area contributed by atoms with Crippen molar-refractivity contribution in [1.82, 2.24) is 4.98 Å². The van der Waals surface area contributed by atoms with Crippen LogP contribution in [0.3, 0.4) is 0 Å². The summed E-state index contributed by atoms with van der Waals surface area (Å²) in [5.74, 6) is 0. The highest BCUT2D eigenvalue weighted by Gasteiger charge is 2.30. The SMILES string of the molecule is OCCCCCc1cc(C(F)(F)F)ccn1. The van der Waals surface area contributed by atoms with Crippen LogP contribution in [-0.4, -0.2) is 16.7 Å². The van der Waals surface area contributed by atoms with Gasteiger partial charge in [-0.3, -0.25) is 4.98 Å². The highest BCUT2D eigenvalue weighted by Crippen LogP contribution is 2.29. The fraction of sp³-hybridized carbons (Fsp3) is 0.545. The molecule has 1 heterocycles. The van der Waals surface area contributed by atoms with Gasteiger partial charge in [0.25, 0.3) is 0 Å². The number of unbranched alkanes of at least 4 members (excludes halogenated alkanes) is 2. The summed E-state index contributed by atoms with van der Waals surface area (Å²) < 4.78 is 37.0. The summed E-state index contributed by atoms with van der Waals surface area (Å²) in [6, 6.07) is 2.05. The third-order valence-electron chi connectivity index (χ3n) is 2.23. The molecule has 0 fully saturated rings. The molecule has 16 heavy (non-hydrogen) atoms. The third-order valence-corrected chi connectivity index (χ3v) is 2.23. The third kappa shape index (κ3) is 4.18. The molecule has 5 heteroatoms. The van der Waals surface area contributed by atoms with E-state index in [1.165, 1.54) is 6.20 Å². The fourth-order valence-electron chi connectivity index (χ4n) is 1.39. The van der Waals surface area contributed by atoms with E-state index in [1.54, 1.807) is 0 Å². The van der Waals surface area contributed by atoms with Crippen LogP contribution < -0.4 is 0 Å². The molecule has 0 aromatic carbocycles. The number of aliphatic hydroxyl groups is 1. The molecule has 0 aliphatic heterocycles. The molecule has 0 atom stereocenters. The Bertz CT molecular complexity index is 325. The van der Waals surface area contributed by atoms with Crippen molar-refractivity contribution in [2.75, 3.05) is 6.61 Å².